The topological polar surface area (TPSA) is 299 Å². The molecule has 24 nitrogen and oxygen atoms in total. The minimum absolute atomic E-state index is 0.00862. The Morgan fingerprint density at radius 3 is 0.400 bits per heavy atom. The lowest BCUT2D eigenvalue weighted by Crippen LogP contribution is -2.55. The molecule has 0 aliphatic carbocycles. The molecule has 8 heterocycles. The van der Waals surface area contributed by atoms with Crippen LogP contribution in [0.2, 0.25) is 0 Å². The molecule has 0 bridgehead atoms. The average Bonchev–Trinajstić information content (AvgIpc) is 1.44. The first kappa shape index (κ1) is 94.0. The summed E-state index contributed by atoms with van der Waals surface area (Å²) in [4.78, 5) is 228. The van der Waals surface area contributed by atoms with Crippen molar-refractivity contribution in [2.45, 2.75) is 71.1 Å². The van der Waals surface area contributed by atoms with Crippen LogP contribution in [-0.2, 0) is 21.7 Å². The predicted octanol–water partition coefficient (Wildman–Crippen LogP) is 17.1. The summed E-state index contributed by atoms with van der Waals surface area (Å²) in [5, 5.41) is 0. The van der Waals surface area contributed by atoms with Gasteiger partial charge in [0, 0.05) is 28.2 Å². The number of imide groups is 8. The molecule has 10 aromatic rings. The fourth-order valence-corrected chi connectivity index (χ4v) is 19.2. The van der Waals surface area contributed by atoms with Gasteiger partial charge in [0.25, 0.3) is 94.5 Å². The van der Waals surface area contributed by atoms with Crippen LogP contribution in [0.25, 0.3) is 11.1 Å². The Morgan fingerprint density at radius 2 is 0.264 bits per heavy atom. The zero-order valence-electron chi connectivity index (χ0n) is 69.5. The second kappa shape index (κ2) is 29.6. The van der Waals surface area contributed by atoms with Gasteiger partial charge in [0.15, 0.2) is 0 Å². The third kappa shape index (κ3) is 12.3. The van der Waals surface area contributed by atoms with Gasteiger partial charge in [-0.05, 0) is 189 Å². The van der Waals surface area contributed by atoms with E-state index in [0.717, 1.165) is 28.2 Å². The van der Waals surface area contributed by atoms with Crippen LogP contribution in [0, 0.1) is 0 Å². The highest BCUT2D eigenvalue weighted by molar-refractivity contribution is 6.39. The molecule has 0 saturated heterocycles. The van der Waals surface area contributed by atoms with Crippen molar-refractivity contribution in [3.8, 4) is 11.1 Å². The lowest BCUT2D eigenvalue weighted by atomic mass is 9.71. The highest BCUT2D eigenvalue weighted by atomic mass is 19.4. The lowest BCUT2D eigenvalue weighted by molar-refractivity contribution is -0.290. The smallest absolute Gasteiger partial charge is 0.277 e. The Bertz CT molecular complexity index is 6660. The Hall–Kier alpha value is -16.4. The number of alkyl halides is 24. The van der Waals surface area contributed by atoms with Crippen LogP contribution in [0.15, 0.2) is 182 Å². The van der Waals surface area contributed by atoms with Gasteiger partial charge >= 0.3 is 49.4 Å². The molecular weight excluding hydrogens is 1930 g/mol. The average molecular weight is 1970 g/mol. The number of amides is 16. The van der Waals surface area contributed by atoms with Crippen molar-refractivity contribution in [2.75, 3.05) is 47.8 Å². The number of benzene rings is 10. The summed E-state index contributed by atoms with van der Waals surface area (Å²) < 4.78 is 387. The van der Waals surface area contributed by atoms with Crippen molar-refractivity contribution in [3.63, 3.8) is 0 Å². The molecule has 0 fully saturated rings. The van der Waals surface area contributed by atoms with Gasteiger partial charge in [0.1, 0.15) is 0 Å². The van der Waals surface area contributed by atoms with E-state index < -0.39 is 333 Å². The van der Waals surface area contributed by atoms with Crippen LogP contribution in [0.1, 0.15) is 210 Å². The van der Waals surface area contributed by atoms with Gasteiger partial charge in [0.05, 0.1) is 112 Å². The van der Waals surface area contributed by atoms with Crippen molar-refractivity contribution >= 4 is 117 Å². The molecule has 16 amide bonds. The zero-order chi connectivity index (χ0) is 102. The van der Waals surface area contributed by atoms with Crippen molar-refractivity contribution in [1.82, 2.24) is 19.6 Å². The molecule has 8 aliphatic heterocycles. The molecule has 140 heavy (non-hydrogen) atoms. The number of rotatable bonds is 13. The second-order valence-electron chi connectivity index (χ2n) is 33.0. The van der Waals surface area contributed by atoms with Crippen LogP contribution < -0.4 is 19.6 Å². The quantitative estimate of drug-likeness (QED) is 0.0765. The first-order valence-electron chi connectivity index (χ1n) is 39.7. The van der Waals surface area contributed by atoms with E-state index in [-0.39, 0.29) is 141 Å². The van der Waals surface area contributed by atoms with Crippen LogP contribution in [0.5, 0.6) is 0 Å². The number of hydrogen-bond donors (Lipinski definition) is 0. The molecular formula is C92H42F24N8O16. The molecule has 10 aromatic carbocycles. The minimum atomic E-state index is -6.67. The summed E-state index contributed by atoms with van der Waals surface area (Å²) in [6.45, 7) is 0. The maximum atomic E-state index is 16.1. The number of fused-ring (bicyclic) bond motifs is 8. The molecule has 0 aromatic heterocycles. The molecule has 18 rings (SSSR count). The number of halogens is 24. The maximum absolute atomic E-state index is 16.1. The summed E-state index contributed by atoms with van der Waals surface area (Å²) >= 11 is 0. The zero-order valence-corrected chi connectivity index (χ0v) is 69.5. The van der Waals surface area contributed by atoms with Crippen molar-refractivity contribution in [3.05, 3.63) is 316 Å². The third-order valence-corrected chi connectivity index (χ3v) is 25.9. The fraction of sp³-hybridized carbons (Fsp3) is 0.174. The first-order valence-corrected chi connectivity index (χ1v) is 39.7. The minimum Gasteiger partial charge on any atom is -0.277 e. The highest BCUT2D eigenvalue weighted by Gasteiger charge is 2.77. The number of nitrogens with zero attached hydrogens (tertiary/aromatic N) is 8. The summed E-state index contributed by atoms with van der Waals surface area (Å²) in [5.41, 5.74) is -62.7. The number of carbonyl (C=O) groups is 16. The summed E-state index contributed by atoms with van der Waals surface area (Å²) in [5.74, 6) is -26.5. The van der Waals surface area contributed by atoms with Gasteiger partial charge < -0.3 is 0 Å². The highest BCUT2D eigenvalue weighted by Crippen LogP contribution is 2.63. The van der Waals surface area contributed by atoms with Crippen LogP contribution in [0.4, 0.5) is 128 Å². The van der Waals surface area contributed by atoms with Gasteiger partial charge in [-0.25, -0.2) is 19.6 Å². The number of carbonyl (C=O) groups excluding carboxylic acids is 16. The SMILES string of the molecule is CN1C(=O)c2ccc(C(c3ccc4c(c3)C(=O)N(c3cc(-c5cc(N6C(=O)c7ccc(C(c8ccc9c(c8)C(=O)N(C)C9=O)(C(F)(F)F)C(F)(F)F)cc7C6=O)cc(N6C(=O)c7ccc(C(c8ccc9c(c8)C(=O)N(C)C9=O)(C(F)(F)F)C(F)(F)F)cc7C6=O)c5)cc(N5C(=O)c6ccc(C(c7ccc8c(c7)C(=O)N(C)C8=O)(C(F)(F)F)C(F)(F)F)cc6C5=O)c3)C4=O)(C(F)(F)F)C(F)(F)F)cc2C1=O. The van der Waals surface area contributed by atoms with Crippen LogP contribution in [-0.4, -0.2) is 192 Å². The van der Waals surface area contributed by atoms with Crippen molar-refractivity contribution in [1.29, 1.82) is 0 Å². The predicted molar refractivity (Wildman–Crippen MR) is 425 cm³/mol. The van der Waals surface area contributed by atoms with E-state index in [1.54, 1.807) is 0 Å². The van der Waals surface area contributed by atoms with Crippen LogP contribution in [0.3, 0.4) is 0 Å². The summed E-state index contributed by atoms with van der Waals surface area (Å²) in [6, 6.07) is 4.65. The second-order valence-corrected chi connectivity index (χ2v) is 33.0. The van der Waals surface area contributed by atoms with Gasteiger partial charge in [-0.3, -0.25) is 96.3 Å². The van der Waals surface area contributed by atoms with E-state index in [9.17, 15) is 38.4 Å². The normalized spacial score (nSPS) is 16.7. The standard InChI is InChI=1S/C92H42F24N8O16/c1-117-65(125)49-13-5-37(25-57(49)69(117)129)81(85(93,94)95,86(96,97)98)41-9-17-53-61(29-41)77(137)121(73(53)133)45-21-35(22-46(33-45)122-74(134)54-18-10-42(30-62(54)78(122)138)82(87(99,100)101,88(102,103)104)38-6-14-50-58(26-38)70(130)118(2)66(50)126)36-23-47(123-75(135)55-19-11-43(31-63(55)79(123)139)83(89(105,106)107,90(108,109)110)39-7-15-51-59(27-39)71(131)119(3)67(51)127)34-48(24-36)124-76(136)56-20-12-44(32-64(56)80(124)140)84(91(111,112)113,92(114,115)116)40-8-16-52-60(28-40)72(132)120(4)68(52)128/h5-34H,1-4H3. The van der Waals surface area contributed by atoms with E-state index in [2.05, 4.69) is 0 Å². The van der Waals surface area contributed by atoms with Gasteiger partial charge in [0.2, 0.25) is 21.7 Å². The largest absolute Gasteiger partial charge is 0.411 e. The first-order chi connectivity index (χ1) is 64.8. The van der Waals surface area contributed by atoms with Gasteiger partial charge in [-0.2, -0.15) is 105 Å². The van der Waals surface area contributed by atoms with Crippen molar-refractivity contribution in [2.24, 2.45) is 0 Å². The molecule has 0 unspecified atom stereocenters. The summed E-state index contributed by atoms with van der Waals surface area (Å²) in [6.07, 6.45) is -53.4. The third-order valence-electron chi connectivity index (χ3n) is 25.9. The van der Waals surface area contributed by atoms with Gasteiger partial charge in [-0.15, -0.1) is 0 Å². The van der Waals surface area contributed by atoms with E-state index in [1.807, 2.05) is 0 Å². The lowest BCUT2D eigenvalue weighted by Gasteiger charge is -2.38. The molecule has 0 saturated carbocycles. The Labute approximate surface area is 761 Å². The molecule has 0 radical (unpaired) electrons. The Kier molecular flexibility index (Phi) is 19.9. The Balaban J connectivity index is 0.851. The molecule has 0 spiro atoms. The Morgan fingerprint density at radius 1 is 0.150 bits per heavy atom. The fourth-order valence-electron chi connectivity index (χ4n) is 19.2. The molecule has 48 heteroatoms. The van der Waals surface area contributed by atoms with E-state index >= 15 is 144 Å². The van der Waals surface area contributed by atoms with E-state index in [4.69, 9.17) is 0 Å². The maximum Gasteiger partial charge on any atom is 0.411 e. The number of anilines is 4. The van der Waals surface area contributed by atoms with Gasteiger partial charge in [-0.1, -0.05) is 48.5 Å². The molecule has 8 aliphatic rings. The molecule has 714 valence electrons. The molecule has 0 atom stereocenters. The van der Waals surface area contributed by atoms with Crippen molar-refractivity contribution < 1.29 is 182 Å². The van der Waals surface area contributed by atoms with Crippen LogP contribution >= 0.6 is 0 Å². The monoisotopic (exact) mass is 1970 g/mol. The number of hydrogen-bond acceptors (Lipinski definition) is 16. The van der Waals surface area contributed by atoms with E-state index in [0.29, 0.717) is 80.3 Å². The molecule has 0 N–H and O–H groups in total. The van der Waals surface area contributed by atoms with E-state index in [1.165, 1.54) is 0 Å². The summed E-state index contributed by atoms with van der Waals surface area (Å²) in [7, 11) is 3.20.